The molecular formula is C18H18ClFN2O3. The summed E-state index contributed by atoms with van der Waals surface area (Å²) in [4.78, 5) is 25.4. The summed E-state index contributed by atoms with van der Waals surface area (Å²) in [6.07, 6.45) is 0.116. The van der Waals surface area contributed by atoms with Crippen molar-refractivity contribution in [2.24, 2.45) is 0 Å². The summed E-state index contributed by atoms with van der Waals surface area (Å²) in [6.45, 7) is 0.120. The highest BCUT2D eigenvalue weighted by atomic mass is 35.5. The van der Waals surface area contributed by atoms with Crippen molar-refractivity contribution >= 4 is 23.4 Å². The van der Waals surface area contributed by atoms with Crippen LogP contribution in [0.2, 0.25) is 5.02 Å². The maximum Gasteiger partial charge on any atom is 0.242 e. The molecule has 25 heavy (non-hydrogen) atoms. The van der Waals surface area contributed by atoms with E-state index in [0.717, 1.165) is 5.56 Å². The number of halogens is 2. The van der Waals surface area contributed by atoms with Crippen molar-refractivity contribution in [2.75, 3.05) is 13.6 Å². The lowest BCUT2D eigenvalue weighted by atomic mass is 10.1. The third kappa shape index (κ3) is 5.76. The lowest BCUT2D eigenvalue weighted by Crippen LogP contribution is -2.38. The second-order valence-electron chi connectivity index (χ2n) is 5.62. The molecule has 2 rings (SSSR count). The molecule has 0 aromatic heterocycles. The third-order valence-corrected chi connectivity index (χ3v) is 3.86. The Bertz CT molecular complexity index is 765. The zero-order chi connectivity index (χ0) is 18.4. The van der Waals surface area contributed by atoms with Gasteiger partial charge in [0.2, 0.25) is 11.8 Å². The average Bonchev–Trinajstić information content (AvgIpc) is 2.58. The number of rotatable bonds is 6. The Labute approximate surface area is 150 Å². The summed E-state index contributed by atoms with van der Waals surface area (Å²) in [5, 5.41) is 11.8. The average molecular weight is 365 g/mol. The number of likely N-dealkylation sites (N-methyl/N-ethyl adjacent to an activating group) is 1. The number of amides is 2. The van der Waals surface area contributed by atoms with Crippen molar-refractivity contribution in [3.05, 3.63) is 64.4 Å². The molecule has 0 radical (unpaired) electrons. The second kappa shape index (κ2) is 8.48. The summed E-state index contributed by atoms with van der Waals surface area (Å²) in [6, 6.07) is 10.5. The third-order valence-electron chi connectivity index (χ3n) is 3.57. The molecule has 0 aliphatic carbocycles. The molecule has 0 saturated heterocycles. The number of nitrogens with one attached hydrogen (secondary N) is 1. The highest BCUT2D eigenvalue weighted by molar-refractivity contribution is 6.30. The van der Waals surface area contributed by atoms with E-state index in [1.807, 2.05) is 0 Å². The van der Waals surface area contributed by atoms with Gasteiger partial charge < -0.3 is 15.3 Å². The largest absolute Gasteiger partial charge is 0.508 e. The number of phenolic OH excluding ortho intramolecular Hbond substituents is 1. The van der Waals surface area contributed by atoms with Gasteiger partial charge in [-0.3, -0.25) is 9.59 Å². The van der Waals surface area contributed by atoms with Crippen molar-refractivity contribution in [3.8, 4) is 5.75 Å². The molecule has 0 bridgehead atoms. The first-order valence-electron chi connectivity index (χ1n) is 7.57. The van der Waals surface area contributed by atoms with E-state index in [2.05, 4.69) is 5.32 Å². The Kier molecular flexibility index (Phi) is 6.36. The van der Waals surface area contributed by atoms with E-state index in [1.165, 1.54) is 29.2 Å². The Morgan fingerprint density at radius 2 is 1.80 bits per heavy atom. The van der Waals surface area contributed by atoms with E-state index in [4.69, 9.17) is 11.6 Å². The Morgan fingerprint density at radius 1 is 1.16 bits per heavy atom. The Morgan fingerprint density at radius 3 is 2.44 bits per heavy atom. The molecule has 0 unspecified atom stereocenters. The van der Waals surface area contributed by atoms with Crippen LogP contribution in [0.15, 0.2) is 42.5 Å². The number of hydrogen-bond donors (Lipinski definition) is 2. The fourth-order valence-electron chi connectivity index (χ4n) is 2.17. The lowest BCUT2D eigenvalue weighted by molar-refractivity contribution is -0.132. The quantitative estimate of drug-likeness (QED) is 0.827. The van der Waals surface area contributed by atoms with Gasteiger partial charge in [0.05, 0.1) is 18.0 Å². The van der Waals surface area contributed by atoms with Crippen LogP contribution in [-0.2, 0) is 22.6 Å². The predicted octanol–water partition coefficient (Wildman–Crippen LogP) is 2.50. The van der Waals surface area contributed by atoms with E-state index in [9.17, 15) is 19.1 Å². The van der Waals surface area contributed by atoms with Crippen molar-refractivity contribution in [1.29, 1.82) is 0 Å². The minimum Gasteiger partial charge on any atom is -0.508 e. The molecule has 0 fully saturated rings. The molecule has 2 amide bonds. The topological polar surface area (TPSA) is 69.6 Å². The van der Waals surface area contributed by atoms with Gasteiger partial charge in [0, 0.05) is 13.6 Å². The maximum atomic E-state index is 13.1. The number of aromatic hydroxyl groups is 1. The number of phenols is 1. The van der Waals surface area contributed by atoms with Crippen molar-refractivity contribution in [2.45, 2.75) is 13.0 Å². The first kappa shape index (κ1) is 18.7. The smallest absolute Gasteiger partial charge is 0.242 e. The second-order valence-corrected chi connectivity index (χ2v) is 6.03. The number of carbonyl (C=O) groups is 2. The minimum absolute atomic E-state index is 0.000509. The van der Waals surface area contributed by atoms with Crippen LogP contribution in [0.5, 0.6) is 5.75 Å². The summed E-state index contributed by atoms with van der Waals surface area (Å²) >= 11 is 5.72. The lowest BCUT2D eigenvalue weighted by Gasteiger charge is -2.18. The van der Waals surface area contributed by atoms with Gasteiger partial charge >= 0.3 is 0 Å². The summed E-state index contributed by atoms with van der Waals surface area (Å²) in [5.41, 5.74) is 1.43. The van der Waals surface area contributed by atoms with E-state index in [-0.39, 0.29) is 42.1 Å². The van der Waals surface area contributed by atoms with Crippen molar-refractivity contribution < 1.29 is 19.1 Å². The minimum atomic E-state index is -0.513. The molecule has 0 heterocycles. The standard InChI is InChI=1S/C18H18ClFN2O3/c1-22(11-13-4-7-16(20)15(19)8-13)18(25)10-21-17(24)9-12-2-5-14(23)6-3-12/h2-8,23H,9-11H2,1H3,(H,21,24). The van der Waals surface area contributed by atoms with Gasteiger partial charge in [0.15, 0.2) is 0 Å². The van der Waals surface area contributed by atoms with Crippen LogP contribution >= 0.6 is 11.6 Å². The molecule has 0 saturated carbocycles. The number of carbonyl (C=O) groups excluding carboxylic acids is 2. The van der Waals surface area contributed by atoms with Gasteiger partial charge in [-0.2, -0.15) is 0 Å². The van der Waals surface area contributed by atoms with E-state index >= 15 is 0 Å². The molecular weight excluding hydrogens is 347 g/mol. The number of hydrogen-bond acceptors (Lipinski definition) is 3. The summed E-state index contributed by atoms with van der Waals surface area (Å²) in [7, 11) is 1.59. The molecule has 0 spiro atoms. The van der Waals surface area contributed by atoms with Crippen LogP contribution < -0.4 is 5.32 Å². The van der Waals surface area contributed by atoms with Crippen LogP contribution in [0.4, 0.5) is 4.39 Å². The van der Waals surface area contributed by atoms with Crippen LogP contribution in [0.25, 0.3) is 0 Å². The predicted molar refractivity (Wildman–Crippen MR) is 92.7 cm³/mol. The monoisotopic (exact) mass is 364 g/mol. The van der Waals surface area contributed by atoms with Gasteiger partial charge in [-0.25, -0.2) is 4.39 Å². The maximum absolute atomic E-state index is 13.1. The first-order valence-corrected chi connectivity index (χ1v) is 7.95. The zero-order valence-corrected chi connectivity index (χ0v) is 14.4. The molecule has 5 nitrogen and oxygen atoms in total. The van der Waals surface area contributed by atoms with Gasteiger partial charge in [-0.15, -0.1) is 0 Å². The van der Waals surface area contributed by atoms with Crippen LogP contribution in [-0.4, -0.2) is 35.4 Å². The molecule has 132 valence electrons. The molecule has 2 N–H and O–H groups in total. The number of benzene rings is 2. The van der Waals surface area contributed by atoms with Gasteiger partial charge in [0.1, 0.15) is 11.6 Å². The Hall–Kier alpha value is -2.60. The Balaban J connectivity index is 1.81. The molecule has 2 aromatic carbocycles. The van der Waals surface area contributed by atoms with E-state index < -0.39 is 5.82 Å². The van der Waals surface area contributed by atoms with Gasteiger partial charge in [0.25, 0.3) is 0 Å². The molecule has 0 aliphatic heterocycles. The van der Waals surface area contributed by atoms with Gasteiger partial charge in [-0.1, -0.05) is 29.8 Å². The number of nitrogens with zero attached hydrogens (tertiary/aromatic N) is 1. The summed E-state index contributed by atoms with van der Waals surface area (Å²) < 4.78 is 13.1. The van der Waals surface area contributed by atoms with Crippen LogP contribution in [0.3, 0.4) is 0 Å². The van der Waals surface area contributed by atoms with Gasteiger partial charge in [-0.05, 0) is 35.4 Å². The van der Waals surface area contributed by atoms with Crippen molar-refractivity contribution in [1.82, 2.24) is 10.2 Å². The van der Waals surface area contributed by atoms with Crippen molar-refractivity contribution in [3.63, 3.8) is 0 Å². The molecule has 2 aromatic rings. The first-order chi connectivity index (χ1) is 11.8. The van der Waals surface area contributed by atoms with Crippen LogP contribution in [0, 0.1) is 5.82 Å². The zero-order valence-electron chi connectivity index (χ0n) is 13.6. The highest BCUT2D eigenvalue weighted by Gasteiger charge is 2.12. The normalized spacial score (nSPS) is 10.4. The molecule has 7 heteroatoms. The van der Waals surface area contributed by atoms with E-state index in [0.29, 0.717) is 5.56 Å². The fourth-order valence-corrected chi connectivity index (χ4v) is 2.37. The fraction of sp³-hybridized carbons (Fsp3) is 0.222. The van der Waals surface area contributed by atoms with E-state index in [1.54, 1.807) is 25.2 Å². The SMILES string of the molecule is CN(Cc1ccc(F)c(Cl)c1)C(=O)CNC(=O)Cc1ccc(O)cc1. The van der Waals surface area contributed by atoms with Crippen LogP contribution in [0.1, 0.15) is 11.1 Å². The summed E-state index contributed by atoms with van der Waals surface area (Å²) in [5.74, 6) is -0.959. The molecule has 0 atom stereocenters. The molecule has 0 aliphatic rings. The highest BCUT2D eigenvalue weighted by Crippen LogP contribution is 2.17.